The van der Waals surface area contributed by atoms with Crippen molar-refractivity contribution in [2.45, 2.75) is 12.1 Å². The first kappa shape index (κ1) is 11.8. The van der Waals surface area contributed by atoms with E-state index in [2.05, 4.69) is 4.98 Å². The van der Waals surface area contributed by atoms with E-state index in [-0.39, 0.29) is 11.7 Å². The fraction of sp³-hybridized carbons (Fsp3) is 0.273. The molecule has 0 amide bonds. The lowest BCUT2D eigenvalue weighted by molar-refractivity contribution is -0.139. The molecular formula is C11H12N2O3S. The number of ether oxygens (including phenoxy) is 1. The molecule has 0 unspecified atom stereocenters. The third-order valence-corrected chi connectivity index (χ3v) is 2.81. The second-order valence-corrected chi connectivity index (χ2v) is 4.23. The van der Waals surface area contributed by atoms with Gasteiger partial charge in [0, 0.05) is 5.69 Å². The first-order valence-electron chi connectivity index (χ1n) is 5.13. The van der Waals surface area contributed by atoms with Crippen LogP contribution in [0.15, 0.2) is 27.8 Å². The molecule has 0 aliphatic heterocycles. The van der Waals surface area contributed by atoms with Crippen LogP contribution < -0.4 is 5.73 Å². The molecule has 0 saturated heterocycles. The lowest BCUT2D eigenvalue weighted by Gasteiger charge is -1.97. The van der Waals surface area contributed by atoms with Crippen LogP contribution in [0.1, 0.15) is 6.92 Å². The highest BCUT2D eigenvalue weighted by Gasteiger charge is 2.09. The van der Waals surface area contributed by atoms with Crippen LogP contribution in [-0.4, -0.2) is 23.3 Å². The van der Waals surface area contributed by atoms with Crippen molar-refractivity contribution in [1.82, 2.24) is 4.98 Å². The number of esters is 1. The van der Waals surface area contributed by atoms with Crippen molar-refractivity contribution in [3.05, 3.63) is 18.2 Å². The number of carbonyl (C=O) groups is 1. The number of thioether (sulfide) groups is 1. The van der Waals surface area contributed by atoms with Crippen LogP contribution in [0.5, 0.6) is 0 Å². The van der Waals surface area contributed by atoms with Crippen molar-refractivity contribution >= 4 is 34.5 Å². The normalized spacial score (nSPS) is 10.6. The Morgan fingerprint density at radius 1 is 1.59 bits per heavy atom. The molecule has 0 aliphatic rings. The number of carbonyl (C=O) groups excluding carboxylic acids is 1. The fourth-order valence-corrected chi connectivity index (χ4v) is 1.94. The molecule has 1 aromatic heterocycles. The molecule has 90 valence electrons. The monoisotopic (exact) mass is 252 g/mol. The third-order valence-electron chi connectivity index (χ3n) is 2.01. The molecule has 0 fully saturated rings. The number of aromatic nitrogens is 1. The van der Waals surface area contributed by atoms with E-state index in [1.807, 2.05) is 0 Å². The molecule has 5 nitrogen and oxygen atoms in total. The molecule has 2 rings (SSSR count). The summed E-state index contributed by atoms with van der Waals surface area (Å²) in [5, 5.41) is 0.443. The van der Waals surface area contributed by atoms with Crippen molar-refractivity contribution in [3.63, 3.8) is 0 Å². The summed E-state index contributed by atoms with van der Waals surface area (Å²) in [4.78, 5) is 15.4. The van der Waals surface area contributed by atoms with Crippen molar-refractivity contribution in [1.29, 1.82) is 0 Å². The first-order chi connectivity index (χ1) is 8.19. The summed E-state index contributed by atoms with van der Waals surface area (Å²) in [6, 6.07) is 5.23. The molecule has 0 bridgehead atoms. The summed E-state index contributed by atoms with van der Waals surface area (Å²) in [6.45, 7) is 2.15. The van der Waals surface area contributed by atoms with Gasteiger partial charge in [-0.05, 0) is 25.1 Å². The summed E-state index contributed by atoms with van der Waals surface area (Å²) in [6.07, 6.45) is 0. The number of anilines is 1. The average Bonchev–Trinajstić information content (AvgIpc) is 2.68. The van der Waals surface area contributed by atoms with E-state index in [0.717, 1.165) is 0 Å². The second-order valence-electron chi connectivity index (χ2n) is 3.30. The minimum Gasteiger partial charge on any atom is -0.465 e. The number of rotatable bonds is 4. The Labute approximate surface area is 102 Å². The van der Waals surface area contributed by atoms with Gasteiger partial charge in [-0.3, -0.25) is 4.79 Å². The predicted octanol–water partition coefficient (Wildman–Crippen LogP) is 2.07. The number of benzene rings is 1. The van der Waals surface area contributed by atoms with Crippen LogP contribution in [0.25, 0.3) is 11.1 Å². The molecule has 1 heterocycles. The number of fused-ring (bicyclic) bond motifs is 1. The Morgan fingerprint density at radius 2 is 2.41 bits per heavy atom. The largest absolute Gasteiger partial charge is 0.465 e. The summed E-state index contributed by atoms with van der Waals surface area (Å²) >= 11 is 1.21. The smallest absolute Gasteiger partial charge is 0.316 e. The van der Waals surface area contributed by atoms with E-state index in [9.17, 15) is 4.79 Å². The van der Waals surface area contributed by atoms with Gasteiger partial charge in [-0.1, -0.05) is 11.8 Å². The Kier molecular flexibility index (Phi) is 3.53. The Hall–Kier alpha value is -1.69. The first-order valence-corrected chi connectivity index (χ1v) is 6.12. The van der Waals surface area contributed by atoms with Crippen LogP contribution in [0, 0.1) is 0 Å². The van der Waals surface area contributed by atoms with Gasteiger partial charge in [0.2, 0.25) is 0 Å². The minimum absolute atomic E-state index is 0.191. The maximum Gasteiger partial charge on any atom is 0.316 e. The van der Waals surface area contributed by atoms with Crippen LogP contribution in [0.4, 0.5) is 5.69 Å². The van der Waals surface area contributed by atoms with E-state index in [1.165, 1.54) is 11.8 Å². The number of nitrogens with zero attached hydrogens (tertiary/aromatic N) is 1. The molecule has 0 radical (unpaired) electrons. The van der Waals surface area contributed by atoms with Gasteiger partial charge in [-0.25, -0.2) is 4.98 Å². The molecule has 0 atom stereocenters. The maximum atomic E-state index is 11.2. The number of hydrogen-bond donors (Lipinski definition) is 1. The highest BCUT2D eigenvalue weighted by Crippen LogP contribution is 2.24. The van der Waals surface area contributed by atoms with Crippen molar-refractivity contribution in [2.24, 2.45) is 0 Å². The lowest BCUT2D eigenvalue weighted by atomic mass is 10.3. The van der Waals surface area contributed by atoms with Crippen LogP contribution >= 0.6 is 11.8 Å². The van der Waals surface area contributed by atoms with Gasteiger partial charge in [0.05, 0.1) is 6.61 Å². The Morgan fingerprint density at radius 3 is 3.18 bits per heavy atom. The van der Waals surface area contributed by atoms with Crippen molar-refractivity contribution < 1.29 is 13.9 Å². The van der Waals surface area contributed by atoms with Gasteiger partial charge in [-0.2, -0.15) is 0 Å². The highest BCUT2D eigenvalue weighted by atomic mass is 32.2. The standard InChI is InChI=1S/C11H12N2O3S/c1-2-15-10(14)6-17-11-13-8-5-7(12)3-4-9(8)16-11/h3-5H,2,6,12H2,1H3. The number of oxazole rings is 1. The van der Waals surface area contributed by atoms with E-state index in [0.29, 0.717) is 28.6 Å². The second kappa shape index (κ2) is 5.09. The molecule has 2 N–H and O–H groups in total. The molecule has 1 aromatic carbocycles. The predicted molar refractivity (Wildman–Crippen MR) is 65.8 cm³/mol. The van der Waals surface area contributed by atoms with Gasteiger partial charge in [0.1, 0.15) is 11.3 Å². The molecule has 6 heteroatoms. The summed E-state index contributed by atoms with van der Waals surface area (Å²) in [7, 11) is 0. The van der Waals surface area contributed by atoms with Gasteiger partial charge in [-0.15, -0.1) is 0 Å². The van der Waals surface area contributed by atoms with Gasteiger partial charge >= 0.3 is 5.97 Å². The van der Waals surface area contributed by atoms with Gasteiger partial charge < -0.3 is 14.9 Å². The SMILES string of the molecule is CCOC(=O)CSc1nc2cc(N)ccc2o1. The molecule has 0 saturated carbocycles. The topological polar surface area (TPSA) is 78.3 Å². The zero-order chi connectivity index (χ0) is 12.3. The van der Waals surface area contributed by atoms with Gasteiger partial charge in [0.15, 0.2) is 5.58 Å². The third kappa shape index (κ3) is 2.91. The average molecular weight is 252 g/mol. The van der Waals surface area contributed by atoms with E-state index in [1.54, 1.807) is 25.1 Å². The van der Waals surface area contributed by atoms with Crippen LogP contribution in [-0.2, 0) is 9.53 Å². The van der Waals surface area contributed by atoms with Gasteiger partial charge in [0.25, 0.3) is 5.22 Å². The molecule has 0 aliphatic carbocycles. The van der Waals surface area contributed by atoms with E-state index < -0.39 is 0 Å². The zero-order valence-electron chi connectivity index (χ0n) is 9.30. The van der Waals surface area contributed by atoms with E-state index in [4.69, 9.17) is 14.9 Å². The molecule has 2 aromatic rings. The summed E-state index contributed by atoms with van der Waals surface area (Å²) in [5.41, 5.74) is 7.61. The highest BCUT2D eigenvalue weighted by molar-refractivity contribution is 7.99. The zero-order valence-corrected chi connectivity index (χ0v) is 10.1. The number of nitrogen functional groups attached to an aromatic ring is 1. The van der Waals surface area contributed by atoms with Crippen LogP contribution in [0.2, 0.25) is 0 Å². The summed E-state index contributed by atoms with van der Waals surface area (Å²) < 4.78 is 10.2. The van der Waals surface area contributed by atoms with Crippen LogP contribution in [0.3, 0.4) is 0 Å². The maximum absolute atomic E-state index is 11.2. The summed E-state index contributed by atoms with van der Waals surface area (Å²) in [5.74, 6) is -0.0878. The number of nitrogens with two attached hydrogens (primary N) is 1. The lowest BCUT2D eigenvalue weighted by Crippen LogP contribution is -2.06. The van der Waals surface area contributed by atoms with Crippen molar-refractivity contribution in [2.75, 3.05) is 18.1 Å². The molecule has 17 heavy (non-hydrogen) atoms. The molecular weight excluding hydrogens is 240 g/mol. The Balaban J connectivity index is 2.07. The van der Waals surface area contributed by atoms with E-state index >= 15 is 0 Å². The minimum atomic E-state index is -0.278. The molecule has 0 spiro atoms. The fourth-order valence-electron chi connectivity index (χ4n) is 1.31. The van der Waals surface area contributed by atoms with Crippen molar-refractivity contribution in [3.8, 4) is 0 Å². The number of hydrogen-bond acceptors (Lipinski definition) is 6. The quantitative estimate of drug-likeness (QED) is 0.510. The Bertz CT molecular complexity index is 538.